The topological polar surface area (TPSA) is 43.4 Å². The van der Waals surface area contributed by atoms with Crippen LogP contribution in [0.5, 0.6) is 11.5 Å². The molecule has 0 bridgehead atoms. The molecule has 0 saturated heterocycles. The van der Waals surface area contributed by atoms with Crippen molar-refractivity contribution in [2.45, 2.75) is 0 Å². The Morgan fingerprint density at radius 1 is 0.516 bits per heavy atom. The molecule has 0 atom stereocenters. The van der Waals surface area contributed by atoms with Gasteiger partial charge in [0.15, 0.2) is 11.6 Å². The van der Waals surface area contributed by atoms with E-state index in [-0.39, 0.29) is 11.6 Å². The van der Waals surface area contributed by atoms with Crippen LogP contribution in [0.4, 0.5) is 0 Å². The highest BCUT2D eigenvalue weighted by Gasteiger charge is 2.11. The Kier molecular flexibility index (Phi) is 6.82. The Morgan fingerprint density at radius 3 is 1.26 bits per heavy atom. The van der Waals surface area contributed by atoms with E-state index in [2.05, 4.69) is 45.2 Å². The van der Waals surface area contributed by atoms with Gasteiger partial charge in [-0.15, -0.1) is 0 Å². The molecule has 31 heavy (non-hydrogen) atoms. The summed E-state index contributed by atoms with van der Waals surface area (Å²) in [5, 5.41) is 0. The molecule has 0 aliphatic carbocycles. The molecule has 4 aromatic rings. The van der Waals surface area contributed by atoms with Crippen LogP contribution in [0.15, 0.2) is 97.1 Å². The van der Waals surface area contributed by atoms with Crippen LogP contribution in [-0.2, 0) is 0 Å². The first-order valence-corrected chi connectivity index (χ1v) is 11.6. The van der Waals surface area contributed by atoms with Gasteiger partial charge in [0, 0.05) is 29.4 Å². The summed E-state index contributed by atoms with van der Waals surface area (Å²) in [6, 6.07) is 29.1. The Labute approximate surface area is 207 Å². The lowest BCUT2D eigenvalue weighted by Crippen LogP contribution is -2.01. The number of ketones is 2. The standard InChI is InChI=1S/C26H16I2O3/c27-21-5-1-3-19(15-21)25(29)17-7-11-23(12-8-17)31-24-13-9-18(10-14-24)26(30)20-4-2-6-22(28)16-20/h1-16H. The van der Waals surface area contributed by atoms with Crippen molar-refractivity contribution in [1.82, 2.24) is 0 Å². The van der Waals surface area contributed by atoms with Gasteiger partial charge in [-0.05, 0) is 118 Å². The van der Waals surface area contributed by atoms with E-state index in [0.29, 0.717) is 33.8 Å². The van der Waals surface area contributed by atoms with Crippen LogP contribution in [0, 0.1) is 7.14 Å². The molecule has 0 fully saturated rings. The zero-order valence-electron chi connectivity index (χ0n) is 16.2. The van der Waals surface area contributed by atoms with E-state index in [0.717, 1.165) is 7.14 Å². The molecule has 0 aliphatic rings. The van der Waals surface area contributed by atoms with Crippen LogP contribution in [0.3, 0.4) is 0 Å². The molecule has 0 saturated carbocycles. The summed E-state index contributed by atoms with van der Waals surface area (Å²) in [6.07, 6.45) is 0. The lowest BCUT2D eigenvalue weighted by Gasteiger charge is -2.08. The van der Waals surface area contributed by atoms with Gasteiger partial charge in [0.25, 0.3) is 0 Å². The van der Waals surface area contributed by atoms with Gasteiger partial charge >= 0.3 is 0 Å². The molecule has 0 unspecified atom stereocenters. The van der Waals surface area contributed by atoms with Crippen molar-refractivity contribution in [1.29, 1.82) is 0 Å². The van der Waals surface area contributed by atoms with Crippen LogP contribution in [0.1, 0.15) is 31.8 Å². The molecular weight excluding hydrogens is 614 g/mol. The average Bonchev–Trinajstić information content (AvgIpc) is 2.79. The maximum Gasteiger partial charge on any atom is 0.193 e. The molecule has 0 amide bonds. The molecule has 3 nitrogen and oxygen atoms in total. The minimum absolute atomic E-state index is 0.0245. The maximum atomic E-state index is 12.6. The summed E-state index contributed by atoms with van der Waals surface area (Å²) in [7, 11) is 0. The van der Waals surface area contributed by atoms with Crippen molar-refractivity contribution < 1.29 is 14.3 Å². The smallest absolute Gasteiger partial charge is 0.193 e. The molecule has 0 spiro atoms. The molecular formula is C26H16I2O3. The van der Waals surface area contributed by atoms with Crippen LogP contribution >= 0.6 is 45.2 Å². The summed E-state index contributed by atoms with van der Waals surface area (Å²) in [5.41, 5.74) is 2.53. The highest BCUT2D eigenvalue weighted by molar-refractivity contribution is 14.1. The van der Waals surface area contributed by atoms with Gasteiger partial charge in [-0.2, -0.15) is 0 Å². The number of hydrogen-bond acceptors (Lipinski definition) is 3. The minimum atomic E-state index is -0.0245. The van der Waals surface area contributed by atoms with Crippen molar-refractivity contribution in [2.75, 3.05) is 0 Å². The summed E-state index contributed by atoms with van der Waals surface area (Å²) in [4.78, 5) is 25.3. The van der Waals surface area contributed by atoms with Gasteiger partial charge in [-0.25, -0.2) is 0 Å². The van der Waals surface area contributed by atoms with Gasteiger partial charge in [0.1, 0.15) is 11.5 Å². The molecule has 4 rings (SSSR count). The molecule has 0 N–H and O–H groups in total. The largest absolute Gasteiger partial charge is 0.457 e. The predicted octanol–water partition coefficient (Wildman–Crippen LogP) is 7.15. The quantitative estimate of drug-likeness (QED) is 0.168. The molecule has 5 heteroatoms. The SMILES string of the molecule is O=C(c1ccc(Oc2ccc(C(=O)c3cccc(I)c3)cc2)cc1)c1cccc(I)c1. The monoisotopic (exact) mass is 630 g/mol. The Hall–Kier alpha value is -2.52. The number of benzene rings is 4. The van der Waals surface area contributed by atoms with Crippen molar-refractivity contribution >= 4 is 56.7 Å². The number of carbonyl (C=O) groups is 2. The van der Waals surface area contributed by atoms with Gasteiger partial charge in [-0.1, -0.05) is 24.3 Å². The van der Waals surface area contributed by atoms with Gasteiger partial charge < -0.3 is 4.74 Å². The average molecular weight is 630 g/mol. The van der Waals surface area contributed by atoms with E-state index in [1.165, 1.54) is 0 Å². The van der Waals surface area contributed by atoms with E-state index in [4.69, 9.17) is 4.74 Å². The Bertz CT molecular complexity index is 1150. The van der Waals surface area contributed by atoms with Crippen LogP contribution in [0.2, 0.25) is 0 Å². The first kappa shape index (κ1) is 21.7. The molecule has 0 heterocycles. The predicted molar refractivity (Wildman–Crippen MR) is 138 cm³/mol. The summed E-state index contributed by atoms with van der Waals surface area (Å²) in [6.45, 7) is 0. The molecule has 0 aromatic heterocycles. The van der Waals surface area contributed by atoms with E-state index in [9.17, 15) is 9.59 Å². The fraction of sp³-hybridized carbons (Fsp3) is 0. The zero-order valence-corrected chi connectivity index (χ0v) is 20.5. The van der Waals surface area contributed by atoms with Crippen molar-refractivity contribution in [3.8, 4) is 11.5 Å². The first-order valence-electron chi connectivity index (χ1n) is 9.48. The van der Waals surface area contributed by atoms with E-state index in [1.807, 2.05) is 48.5 Å². The van der Waals surface area contributed by atoms with Crippen LogP contribution < -0.4 is 4.74 Å². The second kappa shape index (κ2) is 9.74. The molecule has 0 radical (unpaired) electrons. The minimum Gasteiger partial charge on any atom is -0.457 e. The lowest BCUT2D eigenvalue weighted by atomic mass is 10.0. The summed E-state index contributed by atoms with van der Waals surface area (Å²) in [5.74, 6) is 1.19. The van der Waals surface area contributed by atoms with E-state index in [1.54, 1.807) is 48.5 Å². The second-order valence-corrected chi connectivity index (χ2v) is 9.32. The van der Waals surface area contributed by atoms with Gasteiger partial charge in [0.2, 0.25) is 0 Å². The third-order valence-corrected chi connectivity index (χ3v) is 5.98. The fourth-order valence-corrected chi connectivity index (χ4v) is 4.16. The van der Waals surface area contributed by atoms with E-state index < -0.39 is 0 Å². The number of rotatable bonds is 6. The van der Waals surface area contributed by atoms with Crippen LogP contribution in [0.25, 0.3) is 0 Å². The second-order valence-electron chi connectivity index (χ2n) is 6.83. The summed E-state index contributed by atoms with van der Waals surface area (Å²) >= 11 is 4.39. The third kappa shape index (κ3) is 5.40. The van der Waals surface area contributed by atoms with E-state index >= 15 is 0 Å². The Morgan fingerprint density at radius 2 is 0.903 bits per heavy atom. The maximum absolute atomic E-state index is 12.6. The van der Waals surface area contributed by atoms with Gasteiger partial charge in [-0.3, -0.25) is 9.59 Å². The lowest BCUT2D eigenvalue weighted by molar-refractivity contribution is 0.103. The van der Waals surface area contributed by atoms with Crippen molar-refractivity contribution in [3.05, 3.63) is 126 Å². The highest BCUT2D eigenvalue weighted by Crippen LogP contribution is 2.24. The number of carbonyl (C=O) groups excluding carboxylic acids is 2. The first-order chi connectivity index (χ1) is 15.0. The van der Waals surface area contributed by atoms with Crippen molar-refractivity contribution in [3.63, 3.8) is 0 Å². The zero-order chi connectivity index (χ0) is 21.8. The molecule has 4 aromatic carbocycles. The third-order valence-electron chi connectivity index (χ3n) is 4.64. The molecule has 152 valence electrons. The van der Waals surface area contributed by atoms with Gasteiger partial charge in [0.05, 0.1) is 0 Å². The van der Waals surface area contributed by atoms with Crippen LogP contribution in [-0.4, -0.2) is 11.6 Å². The normalized spacial score (nSPS) is 10.5. The molecule has 0 aliphatic heterocycles. The number of halogens is 2. The highest BCUT2D eigenvalue weighted by atomic mass is 127. The fourth-order valence-electron chi connectivity index (χ4n) is 3.08. The Balaban J connectivity index is 1.45. The van der Waals surface area contributed by atoms with Crippen molar-refractivity contribution in [2.24, 2.45) is 0 Å². The summed E-state index contributed by atoms with van der Waals surface area (Å²) < 4.78 is 7.91. The number of hydrogen-bond donors (Lipinski definition) is 0. The number of ether oxygens (including phenoxy) is 1.